The van der Waals surface area contributed by atoms with Gasteiger partial charge >= 0.3 is 11.9 Å². The number of carbonyl (C=O) groups is 2. The Hall–Kier alpha value is -1.64. The molecule has 1 aliphatic heterocycles. The molecule has 20 heavy (non-hydrogen) atoms. The van der Waals surface area contributed by atoms with Crippen molar-refractivity contribution in [2.24, 2.45) is 23.2 Å². The van der Waals surface area contributed by atoms with Gasteiger partial charge in [-0.05, 0) is 23.3 Å². The lowest BCUT2D eigenvalue weighted by molar-refractivity contribution is -0.154. The van der Waals surface area contributed by atoms with Crippen LogP contribution < -0.4 is 0 Å². The first kappa shape index (κ1) is 14.8. The summed E-state index contributed by atoms with van der Waals surface area (Å²) in [4.78, 5) is 23.5. The van der Waals surface area contributed by atoms with Crippen LogP contribution in [-0.2, 0) is 20.7 Å². The molecule has 1 aromatic rings. The molecule has 0 spiro atoms. The highest BCUT2D eigenvalue weighted by Crippen LogP contribution is 2.44. The van der Waals surface area contributed by atoms with Gasteiger partial charge in [-0.1, -0.05) is 58.0 Å². The van der Waals surface area contributed by atoms with E-state index < -0.39 is 0 Å². The molecule has 3 atom stereocenters. The van der Waals surface area contributed by atoms with Gasteiger partial charge in [-0.25, -0.2) is 0 Å². The fourth-order valence-electron chi connectivity index (χ4n) is 3.08. The quantitative estimate of drug-likeness (QED) is 0.625. The highest BCUT2D eigenvalue weighted by atomic mass is 16.6. The molecule has 0 aliphatic carbocycles. The fourth-order valence-corrected chi connectivity index (χ4v) is 3.08. The van der Waals surface area contributed by atoms with Crippen molar-refractivity contribution in [1.82, 2.24) is 0 Å². The molecule has 3 nitrogen and oxygen atoms in total. The SMILES string of the molecule is CC1C(=O)OC(=O)C1C(C)(C)C(C)Cc1ccccc1. The molecule has 0 N–H and O–H groups in total. The molecule has 0 aromatic heterocycles. The normalized spacial score (nSPS) is 24.6. The topological polar surface area (TPSA) is 43.4 Å². The van der Waals surface area contributed by atoms with Crippen LogP contribution in [0.25, 0.3) is 0 Å². The molecule has 1 heterocycles. The molecule has 0 radical (unpaired) electrons. The molecule has 0 amide bonds. The number of cyclic esters (lactones) is 2. The minimum atomic E-state index is -0.389. The maximum Gasteiger partial charge on any atom is 0.318 e. The smallest absolute Gasteiger partial charge is 0.318 e. The maximum absolute atomic E-state index is 12.0. The molecule has 0 bridgehead atoms. The van der Waals surface area contributed by atoms with Gasteiger partial charge in [-0.15, -0.1) is 0 Å². The third-order valence-corrected chi connectivity index (χ3v) is 4.78. The Bertz CT molecular complexity index is 504. The zero-order valence-corrected chi connectivity index (χ0v) is 12.6. The summed E-state index contributed by atoms with van der Waals surface area (Å²) in [5.74, 6) is -1.19. The van der Waals surface area contributed by atoms with E-state index in [0.717, 1.165) is 6.42 Å². The average Bonchev–Trinajstić information content (AvgIpc) is 2.64. The Morgan fingerprint density at radius 3 is 2.25 bits per heavy atom. The van der Waals surface area contributed by atoms with E-state index >= 15 is 0 Å². The van der Waals surface area contributed by atoms with Crippen LogP contribution in [0.3, 0.4) is 0 Å². The minimum absolute atomic E-state index is 0.274. The number of rotatable bonds is 4. The lowest BCUT2D eigenvalue weighted by atomic mass is 9.65. The van der Waals surface area contributed by atoms with E-state index in [1.165, 1.54) is 5.56 Å². The van der Waals surface area contributed by atoms with Crippen LogP contribution in [0, 0.1) is 23.2 Å². The predicted octanol–water partition coefficient (Wildman–Crippen LogP) is 3.23. The second-order valence-electron chi connectivity index (χ2n) is 6.42. The van der Waals surface area contributed by atoms with E-state index in [4.69, 9.17) is 4.74 Å². The summed E-state index contributed by atoms with van der Waals surface area (Å²) in [6, 6.07) is 10.2. The summed E-state index contributed by atoms with van der Waals surface area (Å²) in [6.07, 6.45) is 0.887. The van der Waals surface area contributed by atoms with Crippen molar-refractivity contribution in [1.29, 1.82) is 0 Å². The summed E-state index contributed by atoms with van der Waals surface area (Å²) in [5.41, 5.74) is 0.969. The number of carbonyl (C=O) groups excluding carboxylic acids is 2. The van der Waals surface area contributed by atoms with Gasteiger partial charge < -0.3 is 4.74 Å². The van der Waals surface area contributed by atoms with E-state index in [1.807, 2.05) is 18.2 Å². The predicted molar refractivity (Wildman–Crippen MR) is 76.8 cm³/mol. The number of benzene rings is 1. The number of hydrogen-bond donors (Lipinski definition) is 0. The molecule has 3 heteroatoms. The maximum atomic E-state index is 12.0. The molecule has 0 saturated carbocycles. The Morgan fingerprint density at radius 2 is 1.75 bits per heavy atom. The fraction of sp³-hybridized carbons (Fsp3) is 0.529. The summed E-state index contributed by atoms with van der Waals surface area (Å²) in [7, 11) is 0. The molecular weight excluding hydrogens is 252 g/mol. The molecule has 1 fully saturated rings. The number of hydrogen-bond acceptors (Lipinski definition) is 3. The molecule has 2 rings (SSSR count). The third-order valence-electron chi connectivity index (χ3n) is 4.78. The first-order valence-corrected chi connectivity index (χ1v) is 7.13. The Balaban J connectivity index is 2.17. The third kappa shape index (κ3) is 2.62. The summed E-state index contributed by atoms with van der Waals surface area (Å²) >= 11 is 0. The first-order valence-electron chi connectivity index (χ1n) is 7.13. The zero-order valence-electron chi connectivity index (χ0n) is 12.6. The van der Waals surface area contributed by atoms with Crippen molar-refractivity contribution >= 4 is 11.9 Å². The van der Waals surface area contributed by atoms with Crippen molar-refractivity contribution in [2.45, 2.75) is 34.1 Å². The highest BCUT2D eigenvalue weighted by Gasteiger charge is 2.51. The number of esters is 2. The Morgan fingerprint density at radius 1 is 1.15 bits per heavy atom. The lowest BCUT2D eigenvalue weighted by Gasteiger charge is -2.36. The van der Waals surface area contributed by atoms with Crippen LogP contribution in [-0.4, -0.2) is 11.9 Å². The van der Waals surface area contributed by atoms with Gasteiger partial charge in [0.15, 0.2) is 0 Å². The largest absolute Gasteiger partial charge is 0.393 e. The molecular formula is C17H22O3. The summed E-state index contributed by atoms with van der Waals surface area (Å²) in [5, 5.41) is 0. The van der Waals surface area contributed by atoms with Crippen molar-refractivity contribution in [3.05, 3.63) is 35.9 Å². The Labute approximate surface area is 120 Å². The van der Waals surface area contributed by atoms with Gasteiger partial charge in [0.05, 0.1) is 11.8 Å². The molecule has 1 saturated heterocycles. The van der Waals surface area contributed by atoms with E-state index in [0.29, 0.717) is 0 Å². The summed E-state index contributed by atoms with van der Waals surface area (Å²) in [6.45, 7) is 8.04. The second-order valence-corrected chi connectivity index (χ2v) is 6.42. The van der Waals surface area contributed by atoms with Crippen LogP contribution >= 0.6 is 0 Å². The monoisotopic (exact) mass is 274 g/mol. The van der Waals surface area contributed by atoms with Crippen molar-refractivity contribution in [3.63, 3.8) is 0 Å². The second kappa shape index (κ2) is 5.39. The van der Waals surface area contributed by atoms with Crippen LogP contribution in [0.15, 0.2) is 30.3 Å². The van der Waals surface area contributed by atoms with Gasteiger partial charge in [0.1, 0.15) is 0 Å². The van der Waals surface area contributed by atoms with E-state index in [-0.39, 0.29) is 35.1 Å². The first-order chi connectivity index (χ1) is 9.34. The van der Waals surface area contributed by atoms with Crippen LogP contribution in [0.5, 0.6) is 0 Å². The standard InChI is InChI=1S/C17H22O3/c1-11(10-13-8-6-5-7-9-13)17(3,4)14-12(2)15(18)20-16(14)19/h5-9,11-12,14H,10H2,1-4H3. The number of ether oxygens (including phenoxy) is 1. The van der Waals surface area contributed by atoms with E-state index in [1.54, 1.807) is 6.92 Å². The zero-order chi connectivity index (χ0) is 14.9. The Kier molecular flexibility index (Phi) is 3.98. The molecule has 108 valence electrons. The van der Waals surface area contributed by atoms with Crippen molar-refractivity contribution < 1.29 is 14.3 Å². The van der Waals surface area contributed by atoms with Crippen molar-refractivity contribution in [3.8, 4) is 0 Å². The lowest BCUT2D eigenvalue weighted by Crippen LogP contribution is -2.38. The summed E-state index contributed by atoms with van der Waals surface area (Å²) < 4.78 is 4.79. The van der Waals surface area contributed by atoms with Crippen LogP contribution in [0.1, 0.15) is 33.3 Å². The van der Waals surface area contributed by atoms with Gasteiger partial charge in [0, 0.05) is 0 Å². The van der Waals surface area contributed by atoms with E-state index in [2.05, 4.69) is 32.9 Å². The molecule has 1 aromatic carbocycles. The van der Waals surface area contributed by atoms with Gasteiger partial charge in [-0.3, -0.25) is 9.59 Å². The van der Waals surface area contributed by atoms with Gasteiger partial charge in [-0.2, -0.15) is 0 Å². The van der Waals surface area contributed by atoms with Crippen LogP contribution in [0.2, 0.25) is 0 Å². The molecule has 1 aliphatic rings. The van der Waals surface area contributed by atoms with Crippen LogP contribution in [0.4, 0.5) is 0 Å². The minimum Gasteiger partial charge on any atom is -0.393 e. The molecule has 3 unspecified atom stereocenters. The highest BCUT2D eigenvalue weighted by molar-refractivity contribution is 5.96. The average molecular weight is 274 g/mol. The van der Waals surface area contributed by atoms with Crippen molar-refractivity contribution in [2.75, 3.05) is 0 Å². The van der Waals surface area contributed by atoms with E-state index in [9.17, 15) is 9.59 Å². The van der Waals surface area contributed by atoms with Gasteiger partial charge in [0.2, 0.25) is 0 Å². The van der Waals surface area contributed by atoms with Gasteiger partial charge in [0.25, 0.3) is 0 Å².